The minimum absolute atomic E-state index is 0.0862. The van der Waals surface area contributed by atoms with Gasteiger partial charge in [-0.15, -0.1) is 0 Å². The van der Waals surface area contributed by atoms with Crippen LogP contribution in [0, 0.1) is 5.92 Å². The molecule has 2 heterocycles. The monoisotopic (exact) mass is 360 g/mol. The van der Waals surface area contributed by atoms with Gasteiger partial charge in [0, 0.05) is 30.6 Å². The number of nitrogens with one attached hydrogen (secondary N) is 2. The fourth-order valence-corrected chi connectivity index (χ4v) is 3.96. The molecular formula is C20H28N2O4. The van der Waals surface area contributed by atoms with Crippen LogP contribution in [0.2, 0.25) is 0 Å². The van der Waals surface area contributed by atoms with Crippen LogP contribution < -0.4 is 15.4 Å². The SMILES string of the molecule is COC(=O)CCCOc1ccc(NC(=O)CC2CC3CCC(C2)N3)cc1. The van der Waals surface area contributed by atoms with Gasteiger partial charge < -0.3 is 20.1 Å². The van der Waals surface area contributed by atoms with Crippen LogP contribution in [0.3, 0.4) is 0 Å². The smallest absolute Gasteiger partial charge is 0.305 e. The topological polar surface area (TPSA) is 76.7 Å². The van der Waals surface area contributed by atoms with E-state index in [0.717, 1.165) is 24.3 Å². The molecule has 0 radical (unpaired) electrons. The van der Waals surface area contributed by atoms with Gasteiger partial charge in [0.1, 0.15) is 5.75 Å². The second-order valence-electron chi connectivity index (χ2n) is 7.28. The summed E-state index contributed by atoms with van der Waals surface area (Å²) >= 11 is 0. The normalized spacial score (nSPS) is 24.1. The predicted octanol–water partition coefficient (Wildman–Crippen LogP) is 2.88. The molecule has 1 aromatic rings. The summed E-state index contributed by atoms with van der Waals surface area (Å²) in [5.74, 6) is 1.07. The first kappa shape index (κ1) is 18.7. The average Bonchev–Trinajstić information content (AvgIpc) is 2.98. The first-order chi connectivity index (χ1) is 12.6. The summed E-state index contributed by atoms with van der Waals surface area (Å²) in [6.07, 6.45) is 6.30. The highest BCUT2D eigenvalue weighted by Crippen LogP contribution is 2.32. The highest BCUT2D eigenvalue weighted by Gasteiger charge is 2.34. The van der Waals surface area contributed by atoms with Crippen molar-refractivity contribution >= 4 is 17.6 Å². The number of carbonyl (C=O) groups excluding carboxylic acids is 2. The van der Waals surface area contributed by atoms with E-state index in [9.17, 15) is 9.59 Å². The number of carbonyl (C=O) groups is 2. The number of fused-ring (bicyclic) bond motifs is 2. The van der Waals surface area contributed by atoms with Crippen LogP contribution in [0.1, 0.15) is 44.9 Å². The predicted molar refractivity (Wildman–Crippen MR) is 99.1 cm³/mol. The molecule has 0 spiro atoms. The van der Waals surface area contributed by atoms with Crippen molar-refractivity contribution in [1.29, 1.82) is 0 Å². The fourth-order valence-electron chi connectivity index (χ4n) is 3.96. The molecule has 0 aliphatic carbocycles. The summed E-state index contributed by atoms with van der Waals surface area (Å²) in [7, 11) is 1.38. The number of benzene rings is 1. The minimum Gasteiger partial charge on any atom is -0.494 e. The number of anilines is 1. The lowest BCUT2D eigenvalue weighted by molar-refractivity contribution is -0.140. The van der Waals surface area contributed by atoms with Gasteiger partial charge in [0.2, 0.25) is 5.91 Å². The summed E-state index contributed by atoms with van der Waals surface area (Å²) in [6.45, 7) is 0.457. The van der Waals surface area contributed by atoms with Gasteiger partial charge in [0.05, 0.1) is 13.7 Å². The highest BCUT2D eigenvalue weighted by atomic mass is 16.5. The summed E-state index contributed by atoms with van der Waals surface area (Å²) < 4.78 is 10.2. The van der Waals surface area contributed by atoms with Gasteiger partial charge >= 0.3 is 5.97 Å². The molecular weight excluding hydrogens is 332 g/mol. The minimum atomic E-state index is -0.228. The molecule has 2 unspecified atom stereocenters. The van der Waals surface area contributed by atoms with Gasteiger partial charge in [-0.2, -0.15) is 0 Å². The third-order valence-electron chi connectivity index (χ3n) is 5.20. The number of hydrogen-bond donors (Lipinski definition) is 2. The van der Waals surface area contributed by atoms with Crippen molar-refractivity contribution in [3.8, 4) is 5.75 Å². The number of amides is 1. The zero-order chi connectivity index (χ0) is 18.4. The fraction of sp³-hybridized carbons (Fsp3) is 0.600. The van der Waals surface area contributed by atoms with Crippen molar-refractivity contribution < 1.29 is 19.1 Å². The van der Waals surface area contributed by atoms with Gasteiger partial charge in [-0.1, -0.05) is 0 Å². The molecule has 1 amide bonds. The molecule has 2 aliphatic heterocycles. The third-order valence-corrected chi connectivity index (χ3v) is 5.20. The first-order valence-electron chi connectivity index (χ1n) is 9.48. The van der Waals surface area contributed by atoms with Gasteiger partial charge in [0.15, 0.2) is 0 Å². The van der Waals surface area contributed by atoms with E-state index in [1.807, 2.05) is 24.3 Å². The number of piperidine rings is 1. The Morgan fingerprint density at radius 1 is 1.15 bits per heavy atom. The standard InChI is InChI=1S/C20H28N2O4/c1-25-20(24)3-2-10-26-18-8-6-15(7-9-18)22-19(23)13-14-11-16-4-5-17(12-14)21-16/h6-9,14,16-17,21H,2-5,10-13H2,1H3,(H,22,23). The Morgan fingerprint density at radius 2 is 1.85 bits per heavy atom. The lowest BCUT2D eigenvalue weighted by Gasteiger charge is -2.28. The van der Waals surface area contributed by atoms with Crippen molar-refractivity contribution in [2.24, 2.45) is 5.92 Å². The van der Waals surface area contributed by atoms with E-state index >= 15 is 0 Å². The summed E-state index contributed by atoms with van der Waals surface area (Å²) in [4.78, 5) is 23.3. The van der Waals surface area contributed by atoms with Crippen LogP contribution in [-0.4, -0.2) is 37.7 Å². The van der Waals surface area contributed by atoms with Crippen LogP contribution in [0.4, 0.5) is 5.69 Å². The Hall–Kier alpha value is -2.08. The largest absolute Gasteiger partial charge is 0.494 e. The Kier molecular flexibility index (Phi) is 6.50. The van der Waals surface area contributed by atoms with E-state index in [0.29, 0.717) is 43.9 Å². The van der Waals surface area contributed by atoms with E-state index in [-0.39, 0.29) is 11.9 Å². The molecule has 142 valence electrons. The molecule has 2 atom stereocenters. The van der Waals surface area contributed by atoms with Crippen molar-refractivity contribution in [2.45, 2.75) is 57.0 Å². The van der Waals surface area contributed by atoms with Crippen LogP contribution in [0.15, 0.2) is 24.3 Å². The molecule has 3 rings (SSSR count). The molecule has 2 bridgehead atoms. The summed E-state index contributed by atoms with van der Waals surface area (Å²) in [6, 6.07) is 8.58. The van der Waals surface area contributed by atoms with Gasteiger partial charge in [-0.25, -0.2) is 0 Å². The van der Waals surface area contributed by atoms with Crippen LogP contribution in [-0.2, 0) is 14.3 Å². The molecule has 6 nitrogen and oxygen atoms in total. The summed E-state index contributed by atoms with van der Waals surface area (Å²) in [5, 5.41) is 6.59. The zero-order valence-corrected chi connectivity index (χ0v) is 15.3. The molecule has 2 fully saturated rings. The molecule has 2 N–H and O–H groups in total. The molecule has 26 heavy (non-hydrogen) atoms. The van der Waals surface area contributed by atoms with Gasteiger partial charge in [0.25, 0.3) is 0 Å². The number of ether oxygens (including phenoxy) is 2. The molecule has 0 saturated carbocycles. The van der Waals surface area contributed by atoms with E-state index in [1.54, 1.807) is 0 Å². The number of methoxy groups -OCH3 is 1. The Balaban J connectivity index is 1.38. The van der Waals surface area contributed by atoms with Crippen molar-refractivity contribution in [1.82, 2.24) is 5.32 Å². The van der Waals surface area contributed by atoms with Crippen LogP contribution >= 0.6 is 0 Å². The maximum absolute atomic E-state index is 12.3. The molecule has 2 aliphatic rings. The van der Waals surface area contributed by atoms with E-state index < -0.39 is 0 Å². The molecule has 0 aromatic heterocycles. The molecule has 2 saturated heterocycles. The third kappa shape index (κ3) is 5.46. The quantitative estimate of drug-likeness (QED) is 0.551. The maximum Gasteiger partial charge on any atom is 0.305 e. The zero-order valence-electron chi connectivity index (χ0n) is 15.3. The Labute approximate surface area is 154 Å². The average molecular weight is 360 g/mol. The highest BCUT2D eigenvalue weighted by molar-refractivity contribution is 5.90. The van der Waals surface area contributed by atoms with Gasteiger partial charge in [-0.3, -0.25) is 9.59 Å². The lowest BCUT2D eigenvalue weighted by atomic mass is 9.89. The lowest BCUT2D eigenvalue weighted by Crippen LogP contribution is -2.39. The van der Waals surface area contributed by atoms with E-state index in [2.05, 4.69) is 15.4 Å². The van der Waals surface area contributed by atoms with Gasteiger partial charge in [-0.05, 0) is 62.3 Å². The van der Waals surface area contributed by atoms with Crippen LogP contribution in [0.5, 0.6) is 5.75 Å². The second kappa shape index (κ2) is 9.03. The number of hydrogen-bond acceptors (Lipinski definition) is 5. The van der Waals surface area contributed by atoms with Crippen molar-refractivity contribution in [2.75, 3.05) is 19.0 Å². The molecule has 1 aromatic carbocycles. The second-order valence-corrected chi connectivity index (χ2v) is 7.28. The number of esters is 1. The molecule has 6 heteroatoms. The van der Waals surface area contributed by atoms with Crippen molar-refractivity contribution in [3.05, 3.63) is 24.3 Å². The first-order valence-corrected chi connectivity index (χ1v) is 9.48. The number of rotatable bonds is 8. The maximum atomic E-state index is 12.3. The van der Waals surface area contributed by atoms with Crippen molar-refractivity contribution in [3.63, 3.8) is 0 Å². The van der Waals surface area contributed by atoms with E-state index in [1.165, 1.54) is 20.0 Å². The van der Waals surface area contributed by atoms with Crippen LogP contribution in [0.25, 0.3) is 0 Å². The van der Waals surface area contributed by atoms with E-state index in [4.69, 9.17) is 4.74 Å². The Bertz CT molecular complexity index is 605. The summed E-state index contributed by atoms with van der Waals surface area (Å²) in [5.41, 5.74) is 0.786. The Morgan fingerprint density at radius 3 is 2.50 bits per heavy atom.